The Balaban J connectivity index is 1.80. The standard InChI is InChI=1S/C14H22N2O2/c15-10-12(14-6-3-8-17-14)16-7-9-18-13-5-2-1-4-11(13)16/h3,6,8,11-13H,1-2,4-5,7,9-10,15H2. The Morgan fingerprint density at radius 3 is 3.06 bits per heavy atom. The lowest BCUT2D eigenvalue weighted by atomic mass is 9.89. The highest BCUT2D eigenvalue weighted by atomic mass is 16.5. The summed E-state index contributed by atoms with van der Waals surface area (Å²) in [6, 6.07) is 4.70. The number of rotatable bonds is 3. The minimum absolute atomic E-state index is 0.203. The quantitative estimate of drug-likeness (QED) is 0.890. The maximum atomic E-state index is 5.97. The van der Waals surface area contributed by atoms with Gasteiger partial charge in [-0.3, -0.25) is 4.90 Å². The van der Waals surface area contributed by atoms with E-state index in [2.05, 4.69) is 4.90 Å². The molecule has 2 fully saturated rings. The van der Waals surface area contributed by atoms with Crippen molar-refractivity contribution in [2.75, 3.05) is 19.7 Å². The summed E-state index contributed by atoms with van der Waals surface area (Å²) in [6.45, 7) is 2.39. The van der Waals surface area contributed by atoms with Gasteiger partial charge in [-0.25, -0.2) is 0 Å². The molecule has 1 aliphatic heterocycles. The molecule has 4 heteroatoms. The van der Waals surface area contributed by atoms with Crippen LogP contribution in [0.25, 0.3) is 0 Å². The van der Waals surface area contributed by atoms with Crippen molar-refractivity contribution in [2.45, 2.75) is 43.9 Å². The summed E-state index contributed by atoms with van der Waals surface area (Å²) in [5, 5.41) is 0. The Kier molecular flexibility index (Phi) is 3.68. The minimum Gasteiger partial charge on any atom is -0.468 e. The van der Waals surface area contributed by atoms with Crippen LogP contribution in [0.15, 0.2) is 22.8 Å². The van der Waals surface area contributed by atoms with Crippen LogP contribution in [0, 0.1) is 0 Å². The van der Waals surface area contributed by atoms with Crippen molar-refractivity contribution in [3.8, 4) is 0 Å². The summed E-state index contributed by atoms with van der Waals surface area (Å²) in [6.07, 6.45) is 7.14. The lowest BCUT2D eigenvalue weighted by Gasteiger charge is -2.46. The van der Waals surface area contributed by atoms with Crippen molar-refractivity contribution < 1.29 is 9.15 Å². The van der Waals surface area contributed by atoms with E-state index in [-0.39, 0.29) is 6.04 Å². The van der Waals surface area contributed by atoms with Crippen molar-refractivity contribution in [1.29, 1.82) is 0 Å². The molecule has 0 bridgehead atoms. The van der Waals surface area contributed by atoms with Crippen LogP contribution in [0.1, 0.15) is 37.5 Å². The van der Waals surface area contributed by atoms with Crippen LogP contribution in [-0.2, 0) is 4.74 Å². The number of morpholine rings is 1. The smallest absolute Gasteiger partial charge is 0.122 e. The predicted octanol–water partition coefficient (Wildman–Crippen LogP) is 1.92. The molecule has 2 N–H and O–H groups in total. The maximum Gasteiger partial charge on any atom is 0.122 e. The van der Waals surface area contributed by atoms with Gasteiger partial charge in [0.15, 0.2) is 0 Å². The summed E-state index contributed by atoms with van der Waals surface area (Å²) in [5.74, 6) is 0.990. The first-order valence-corrected chi connectivity index (χ1v) is 7.01. The van der Waals surface area contributed by atoms with E-state index < -0.39 is 0 Å². The number of nitrogens with zero attached hydrogens (tertiary/aromatic N) is 1. The van der Waals surface area contributed by atoms with E-state index in [1.54, 1.807) is 6.26 Å². The molecule has 1 saturated heterocycles. The molecule has 1 aromatic rings. The largest absolute Gasteiger partial charge is 0.468 e. The second-order valence-electron chi connectivity index (χ2n) is 5.27. The van der Waals surface area contributed by atoms with Crippen molar-refractivity contribution in [2.24, 2.45) is 5.73 Å². The van der Waals surface area contributed by atoms with Gasteiger partial charge >= 0.3 is 0 Å². The molecule has 3 rings (SSSR count). The monoisotopic (exact) mass is 250 g/mol. The van der Waals surface area contributed by atoms with E-state index in [0.29, 0.717) is 18.7 Å². The topological polar surface area (TPSA) is 51.6 Å². The maximum absolute atomic E-state index is 5.97. The van der Waals surface area contributed by atoms with E-state index in [0.717, 1.165) is 18.9 Å². The van der Waals surface area contributed by atoms with Gasteiger partial charge in [-0.1, -0.05) is 12.8 Å². The van der Waals surface area contributed by atoms with Gasteiger partial charge in [0.1, 0.15) is 5.76 Å². The van der Waals surface area contributed by atoms with E-state index in [1.807, 2.05) is 12.1 Å². The first kappa shape index (κ1) is 12.2. The molecule has 2 heterocycles. The van der Waals surface area contributed by atoms with Gasteiger partial charge in [0, 0.05) is 19.1 Å². The fourth-order valence-corrected chi connectivity index (χ4v) is 3.41. The predicted molar refractivity (Wildman–Crippen MR) is 69.2 cm³/mol. The molecule has 18 heavy (non-hydrogen) atoms. The Morgan fingerprint density at radius 2 is 2.28 bits per heavy atom. The highest BCUT2D eigenvalue weighted by molar-refractivity contribution is 5.07. The lowest BCUT2D eigenvalue weighted by molar-refractivity contribution is -0.104. The van der Waals surface area contributed by atoms with E-state index in [9.17, 15) is 0 Å². The summed E-state index contributed by atoms with van der Waals surface area (Å²) < 4.78 is 11.5. The molecule has 100 valence electrons. The molecule has 4 nitrogen and oxygen atoms in total. The van der Waals surface area contributed by atoms with E-state index in [4.69, 9.17) is 14.9 Å². The van der Waals surface area contributed by atoms with Crippen LogP contribution in [0.2, 0.25) is 0 Å². The number of hydrogen-bond donors (Lipinski definition) is 1. The van der Waals surface area contributed by atoms with Crippen molar-refractivity contribution in [3.63, 3.8) is 0 Å². The first-order chi connectivity index (χ1) is 8.90. The van der Waals surface area contributed by atoms with Crippen LogP contribution >= 0.6 is 0 Å². The summed E-state index contributed by atoms with van der Waals surface area (Å²) >= 11 is 0. The fraction of sp³-hybridized carbons (Fsp3) is 0.714. The van der Waals surface area contributed by atoms with Crippen LogP contribution in [0.3, 0.4) is 0 Å². The number of nitrogens with two attached hydrogens (primary N) is 1. The Bertz CT molecular complexity index is 364. The molecule has 0 spiro atoms. The molecule has 3 atom stereocenters. The van der Waals surface area contributed by atoms with Gasteiger partial charge in [0.2, 0.25) is 0 Å². The third kappa shape index (κ3) is 2.20. The molecule has 3 unspecified atom stereocenters. The molecule has 0 aromatic carbocycles. The number of ether oxygens (including phenoxy) is 1. The Hall–Kier alpha value is -0.840. The lowest BCUT2D eigenvalue weighted by Crippen LogP contribution is -2.54. The van der Waals surface area contributed by atoms with Crippen molar-refractivity contribution in [3.05, 3.63) is 24.2 Å². The zero-order valence-electron chi connectivity index (χ0n) is 10.8. The number of furan rings is 1. The minimum atomic E-state index is 0.203. The Labute approximate surface area is 108 Å². The summed E-state index contributed by atoms with van der Waals surface area (Å²) in [5.41, 5.74) is 5.97. The normalized spacial score (nSPS) is 30.9. The van der Waals surface area contributed by atoms with Gasteiger partial charge in [-0.2, -0.15) is 0 Å². The molecule has 0 radical (unpaired) electrons. The Morgan fingerprint density at radius 1 is 1.39 bits per heavy atom. The molecule has 0 amide bonds. The van der Waals surface area contributed by atoms with Crippen molar-refractivity contribution in [1.82, 2.24) is 4.90 Å². The number of hydrogen-bond acceptors (Lipinski definition) is 4. The second kappa shape index (κ2) is 5.43. The second-order valence-corrected chi connectivity index (χ2v) is 5.27. The van der Waals surface area contributed by atoms with Crippen LogP contribution in [0.5, 0.6) is 0 Å². The van der Waals surface area contributed by atoms with Crippen LogP contribution in [0.4, 0.5) is 0 Å². The highest BCUT2D eigenvalue weighted by Crippen LogP contribution is 2.33. The average molecular weight is 250 g/mol. The zero-order valence-corrected chi connectivity index (χ0v) is 10.8. The van der Waals surface area contributed by atoms with Gasteiger partial charge < -0.3 is 14.9 Å². The van der Waals surface area contributed by atoms with E-state index in [1.165, 1.54) is 25.7 Å². The van der Waals surface area contributed by atoms with Gasteiger partial charge in [-0.15, -0.1) is 0 Å². The zero-order chi connectivity index (χ0) is 12.4. The summed E-state index contributed by atoms with van der Waals surface area (Å²) in [7, 11) is 0. The molecule has 1 aliphatic carbocycles. The van der Waals surface area contributed by atoms with Crippen molar-refractivity contribution >= 4 is 0 Å². The average Bonchev–Trinajstić information content (AvgIpc) is 2.94. The first-order valence-electron chi connectivity index (χ1n) is 7.01. The molecular weight excluding hydrogens is 228 g/mol. The molecule has 1 aromatic heterocycles. The van der Waals surface area contributed by atoms with E-state index >= 15 is 0 Å². The van der Waals surface area contributed by atoms with Crippen LogP contribution in [-0.4, -0.2) is 36.7 Å². The molecular formula is C14H22N2O2. The number of fused-ring (bicyclic) bond motifs is 1. The van der Waals surface area contributed by atoms with Gasteiger partial charge in [0.05, 0.1) is 25.0 Å². The van der Waals surface area contributed by atoms with Gasteiger partial charge in [-0.05, 0) is 25.0 Å². The molecule has 2 aliphatic rings. The fourth-order valence-electron chi connectivity index (χ4n) is 3.41. The third-order valence-electron chi connectivity index (χ3n) is 4.27. The molecule has 1 saturated carbocycles. The highest BCUT2D eigenvalue weighted by Gasteiger charge is 2.38. The SMILES string of the molecule is NCC(c1ccco1)N1CCOC2CCCCC21. The van der Waals surface area contributed by atoms with Crippen LogP contribution < -0.4 is 5.73 Å². The third-order valence-corrected chi connectivity index (χ3v) is 4.27. The van der Waals surface area contributed by atoms with Gasteiger partial charge in [0.25, 0.3) is 0 Å². The summed E-state index contributed by atoms with van der Waals surface area (Å²) in [4.78, 5) is 2.51.